The molecule has 6 heteroatoms. The normalized spacial score (nSPS) is 13.0. The second-order valence-electron chi connectivity index (χ2n) is 5.21. The summed E-state index contributed by atoms with van der Waals surface area (Å²) in [5.74, 6) is 0.0958. The zero-order valence-electron chi connectivity index (χ0n) is 12.8. The van der Waals surface area contributed by atoms with Gasteiger partial charge in [0.25, 0.3) is 0 Å². The maximum Gasteiger partial charge on any atom is 0.186 e. The van der Waals surface area contributed by atoms with E-state index in [-0.39, 0.29) is 15.4 Å². The molecule has 0 aliphatic heterocycles. The molecule has 0 saturated carbocycles. The van der Waals surface area contributed by atoms with E-state index in [4.69, 9.17) is 13.9 Å². The van der Waals surface area contributed by atoms with Crippen molar-refractivity contribution in [1.29, 1.82) is 0 Å². The van der Waals surface area contributed by atoms with Crippen molar-refractivity contribution in [3.8, 4) is 0 Å². The number of nitrogens with one attached hydrogen (secondary N) is 1. The Hall–Kier alpha value is 0.274. The highest BCUT2D eigenvalue weighted by molar-refractivity contribution is 6.71. The molecule has 110 valence electrons. The topological polar surface area (TPSA) is 39.7 Å². The van der Waals surface area contributed by atoms with Gasteiger partial charge < -0.3 is 19.2 Å². The van der Waals surface area contributed by atoms with Crippen LogP contribution in [0.5, 0.6) is 0 Å². The highest BCUT2D eigenvalue weighted by atomic mass is 28.4. The van der Waals surface area contributed by atoms with Crippen molar-refractivity contribution < 1.29 is 13.9 Å². The maximum absolute atomic E-state index is 5.52. The summed E-state index contributed by atoms with van der Waals surface area (Å²) in [7, 11) is 3.70. The molecule has 0 atom stereocenters. The summed E-state index contributed by atoms with van der Waals surface area (Å²) in [5, 5.41) is 3.50. The average molecular weight is 294 g/mol. The van der Waals surface area contributed by atoms with Crippen LogP contribution in [0.15, 0.2) is 0 Å². The van der Waals surface area contributed by atoms with Crippen LogP contribution in [0.4, 0.5) is 0 Å². The van der Waals surface area contributed by atoms with E-state index in [0.29, 0.717) is 0 Å². The van der Waals surface area contributed by atoms with E-state index < -0.39 is 8.32 Å². The molecule has 0 radical (unpaired) electrons. The molecule has 0 spiro atoms. The van der Waals surface area contributed by atoms with Crippen LogP contribution < -0.4 is 5.32 Å². The second-order valence-corrected chi connectivity index (χ2v) is 11.6. The van der Waals surface area contributed by atoms with Gasteiger partial charge in [-0.2, -0.15) is 0 Å². The van der Waals surface area contributed by atoms with Gasteiger partial charge in [0.05, 0.1) is 9.52 Å². The van der Waals surface area contributed by atoms with Gasteiger partial charge in [-0.3, -0.25) is 0 Å². The molecule has 0 aromatic heterocycles. The second kappa shape index (κ2) is 11.1. The van der Waals surface area contributed by atoms with Gasteiger partial charge in [0.2, 0.25) is 0 Å². The van der Waals surface area contributed by atoms with Gasteiger partial charge in [0.1, 0.15) is 5.91 Å². The van der Waals surface area contributed by atoms with E-state index in [1.54, 1.807) is 14.2 Å². The first kappa shape index (κ1) is 18.3. The van der Waals surface area contributed by atoms with E-state index in [2.05, 4.69) is 18.4 Å². The number of methoxy groups -OCH3 is 2. The SMILES string of the molecule is COC(OC)[SiH2]CCCNCCC[Si](C)(C)OC. The molecule has 0 saturated heterocycles. The minimum Gasteiger partial charge on any atom is -0.420 e. The van der Waals surface area contributed by atoms with Gasteiger partial charge in [0.15, 0.2) is 8.32 Å². The van der Waals surface area contributed by atoms with Crippen molar-refractivity contribution in [3.05, 3.63) is 0 Å². The molecule has 0 aliphatic carbocycles. The van der Waals surface area contributed by atoms with Gasteiger partial charge in [-0.1, -0.05) is 6.04 Å². The van der Waals surface area contributed by atoms with Crippen LogP contribution in [0.1, 0.15) is 12.8 Å². The van der Waals surface area contributed by atoms with E-state index in [1.807, 2.05) is 7.11 Å². The first-order chi connectivity index (χ1) is 8.55. The highest BCUT2D eigenvalue weighted by Crippen LogP contribution is 2.11. The minimum atomic E-state index is -1.34. The summed E-state index contributed by atoms with van der Waals surface area (Å²) in [4.78, 5) is 0. The van der Waals surface area contributed by atoms with Crippen LogP contribution in [0.2, 0.25) is 25.2 Å². The summed E-state index contributed by atoms with van der Waals surface area (Å²) < 4.78 is 15.9. The number of hydrogen-bond acceptors (Lipinski definition) is 4. The Balaban J connectivity index is 3.26. The number of hydrogen-bond donors (Lipinski definition) is 1. The van der Waals surface area contributed by atoms with Gasteiger partial charge in [-0.25, -0.2) is 0 Å². The van der Waals surface area contributed by atoms with Crippen LogP contribution in [0.3, 0.4) is 0 Å². The fourth-order valence-corrected chi connectivity index (χ4v) is 4.33. The van der Waals surface area contributed by atoms with Gasteiger partial charge in [-0.05, 0) is 45.1 Å². The van der Waals surface area contributed by atoms with Crippen molar-refractivity contribution in [2.45, 2.75) is 43.9 Å². The lowest BCUT2D eigenvalue weighted by atomic mass is 10.4. The molecule has 0 aromatic rings. The van der Waals surface area contributed by atoms with Crippen molar-refractivity contribution in [3.63, 3.8) is 0 Å². The summed E-state index contributed by atoms with van der Waals surface area (Å²) in [6, 6.07) is 2.51. The van der Waals surface area contributed by atoms with Crippen LogP contribution in [-0.4, -0.2) is 58.2 Å². The third kappa shape index (κ3) is 10.2. The number of rotatable bonds is 12. The Bertz CT molecular complexity index is 190. The molecule has 4 nitrogen and oxygen atoms in total. The highest BCUT2D eigenvalue weighted by Gasteiger charge is 2.19. The Morgan fingerprint density at radius 3 is 2.22 bits per heavy atom. The summed E-state index contributed by atoms with van der Waals surface area (Å²) in [5.41, 5.74) is 0. The standard InChI is InChI=1S/C12H31NO3Si2/c1-14-12(15-2)17-10-6-8-13-9-7-11-18(4,5)16-3/h12-13H,6-11,17H2,1-5H3. The largest absolute Gasteiger partial charge is 0.420 e. The molecule has 0 fully saturated rings. The molecule has 0 unspecified atom stereocenters. The monoisotopic (exact) mass is 293 g/mol. The predicted molar refractivity (Wildman–Crippen MR) is 82.6 cm³/mol. The van der Waals surface area contributed by atoms with E-state index >= 15 is 0 Å². The molecule has 0 bridgehead atoms. The summed E-state index contributed by atoms with van der Waals surface area (Å²) >= 11 is 0. The zero-order chi connectivity index (χ0) is 13.9. The smallest absolute Gasteiger partial charge is 0.186 e. The molecule has 1 N–H and O–H groups in total. The lowest BCUT2D eigenvalue weighted by molar-refractivity contribution is -0.0441. The third-order valence-electron chi connectivity index (χ3n) is 3.25. The van der Waals surface area contributed by atoms with Gasteiger partial charge in [-0.15, -0.1) is 0 Å². The van der Waals surface area contributed by atoms with Crippen molar-refractivity contribution in [2.75, 3.05) is 34.4 Å². The molecule has 0 rings (SSSR count). The first-order valence-electron chi connectivity index (χ1n) is 6.87. The van der Waals surface area contributed by atoms with Crippen LogP contribution in [-0.2, 0) is 13.9 Å². The summed E-state index contributed by atoms with van der Waals surface area (Å²) in [6.45, 7) is 6.77. The van der Waals surface area contributed by atoms with E-state index in [0.717, 1.165) is 13.1 Å². The molecule has 0 aromatic carbocycles. The lowest BCUT2D eigenvalue weighted by Gasteiger charge is -2.19. The fraction of sp³-hybridized carbons (Fsp3) is 1.00. The first-order valence-corrected chi connectivity index (χ1v) is 11.8. The van der Waals surface area contributed by atoms with Crippen molar-refractivity contribution in [2.24, 2.45) is 0 Å². The molecule has 0 aliphatic rings. The van der Waals surface area contributed by atoms with Crippen LogP contribution >= 0.6 is 0 Å². The Kier molecular flexibility index (Phi) is 11.3. The Morgan fingerprint density at radius 2 is 1.67 bits per heavy atom. The molecule has 0 amide bonds. The third-order valence-corrected chi connectivity index (χ3v) is 7.96. The van der Waals surface area contributed by atoms with Gasteiger partial charge in [0, 0.05) is 21.3 Å². The van der Waals surface area contributed by atoms with Crippen LogP contribution in [0, 0.1) is 0 Å². The van der Waals surface area contributed by atoms with Crippen molar-refractivity contribution in [1.82, 2.24) is 5.32 Å². The van der Waals surface area contributed by atoms with E-state index in [9.17, 15) is 0 Å². The Labute approximate surface area is 116 Å². The molecular weight excluding hydrogens is 262 g/mol. The Morgan fingerprint density at radius 1 is 1.06 bits per heavy atom. The van der Waals surface area contributed by atoms with Crippen LogP contribution in [0.25, 0.3) is 0 Å². The maximum atomic E-state index is 5.52. The lowest BCUT2D eigenvalue weighted by Crippen LogP contribution is -2.30. The molecule has 0 heterocycles. The van der Waals surface area contributed by atoms with Gasteiger partial charge >= 0.3 is 0 Å². The fourth-order valence-electron chi connectivity index (χ4n) is 1.76. The number of ether oxygens (including phenoxy) is 2. The predicted octanol–water partition coefficient (Wildman–Crippen LogP) is 1.37. The van der Waals surface area contributed by atoms with Crippen molar-refractivity contribution >= 4 is 17.8 Å². The zero-order valence-corrected chi connectivity index (χ0v) is 15.2. The summed E-state index contributed by atoms with van der Waals surface area (Å²) in [6.07, 6.45) is 2.46. The average Bonchev–Trinajstić information content (AvgIpc) is 2.37. The minimum absolute atomic E-state index is 0.0958. The quantitative estimate of drug-likeness (QED) is 0.335. The molecule has 18 heavy (non-hydrogen) atoms. The van der Waals surface area contributed by atoms with E-state index in [1.165, 1.54) is 24.9 Å². The molecular formula is C12H31NO3Si2.